The molecule has 2 aromatic carbocycles. The van der Waals surface area contributed by atoms with Crippen LogP contribution >= 0.6 is 0 Å². The van der Waals surface area contributed by atoms with Gasteiger partial charge in [0.15, 0.2) is 22.9 Å². The molecule has 2 aromatic heterocycles. The van der Waals surface area contributed by atoms with Gasteiger partial charge in [-0.2, -0.15) is 0 Å². The summed E-state index contributed by atoms with van der Waals surface area (Å²) in [5, 5.41) is 0. The molecule has 4 rings (SSSR count). The summed E-state index contributed by atoms with van der Waals surface area (Å²) in [6.45, 7) is 7.98. The third-order valence-corrected chi connectivity index (χ3v) is 4.09. The van der Waals surface area contributed by atoms with E-state index in [0.717, 1.165) is 51.7 Å². The lowest BCUT2D eigenvalue weighted by molar-refractivity contribution is 0.557. The van der Waals surface area contributed by atoms with E-state index in [2.05, 4.69) is 28.7 Å². The fourth-order valence-electron chi connectivity index (χ4n) is 3.11. The summed E-state index contributed by atoms with van der Waals surface area (Å²) < 4.78 is 11.5. The quantitative estimate of drug-likeness (QED) is 0.501. The number of aromatic nitrogens is 2. The van der Waals surface area contributed by atoms with Gasteiger partial charge in [0, 0.05) is 25.0 Å². The number of fused-ring (bicyclic) bond motifs is 2. The van der Waals surface area contributed by atoms with Crippen molar-refractivity contribution in [2.75, 3.05) is 0 Å². The van der Waals surface area contributed by atoms with Gasteiger partial charge in [-0.15, -0.1) is 0 Å². The van der Waals surface area contributed by atoms with Crippen molar-refractivity contribution in [1.82, 2.24) is 9.97 Å². The zero-order valence-corrected chi connectivity index (χ0v) is 13.8. The molecular weight excluding hydrogens is 300 g/mol. The highest BCUT2D eigenvalue weighted by Crippen LogP contribution is 2.25. The molecule has 24 heavy (non-hydrogen) atoms. The van der Waals surface area contributed by atoms with Gasteiger partial charge in [-0.25, -0.2) is 9.97 Å². The van der Waals surface area contributed by atoms with Gasteiger partial charge in [-0.1, -0.05) is 36.4 Å². The first kappa shape index (κ1) is 14.7. The normalized spacial score (nSPS) is 11.4. The van der Waals surface area contributed by atoms with Gasteiger partial charge in [0.05, 0.1) is 0 Å². The van der Waals surface area contributed by atoms with Crippen LogP contribution in [0.25, 0.3) is 22.2 Å². The van der Waals surface area contributed by atoms with Crippen molar-refractivity contribution in [3.63, 3.8) is 0 Å². The summed E-state index contributed by atoms with van der Waals surface area (Å²) in [4.78, 5) is 8.78. The third kappa shape index (κ3) is 2.60. The van der Waals surface area contributed by atoms with Crippen LogP contribution in [0.15, 0.2) is 57.4 Å². The molecule has 0 saturated heterocycles. The number of aryl methyl sites for hydroxylation is 2. The van der Waals surface area contributed by atoms with Gasteiger partial charge in [0.2, 0.25) is 0 Å². The Bertz CT molecular complexity index is 972. The Balaban J connectivity index is 1.62. The largest absolute Gasteiger partial charge is 0.441 e. The number of benzene rings is 2. The van der Waals surface area contributed by atoms with Crippen molar-refractivity contribution in [3.8, 4) is 0 Å². The molecule has 0 amide bonds. The zero-order valence-electron chi connectivity index (χ0n) is 13.8. The van der Waals surface area contributed by atoms with E-state index in [1.165, 1.54) is 0 Å². The molecule has 0 atom stereocenters. The smallest absolute Gasteiger partial charge is 0.192 e. The molecule has 0 aliphatic heterocycles. The van der Waals surface area contributed by atoms with Crippen LogP contribution in [0.4, 0.5) is 0 Å². The number of hydrogen-bond donors (Lipinski definition) is 0. The second-order valence-corrected chi connectivity index (χ2v) is 6.10. The van der Waals surface area contributed by atoms with E-state index in [0.29, 0.717) is 11.8 Å². The first-order valence-electron chi connectivity index (χ1n) is 7.97. The Labute approximate surface area is 139 Å². The van der Waals surface area contributed by atoms with Crippen molar-refractivity contribution in [1.29, 1.82) is 0 Å². The maximum Gasteiger partial charge on any atom is 0.192 e. The SMILES string of the molecule is C=C(Cc1cccc2nc(C)oc12)Cc1cccc2nc(C)oc12. The molecule has 0 aliphatic rings. The van der Waals surface area contributed by atoms with Crippen LogP contribution in [-0.2, 0) is 12.8 Å². The molecule has 0 aliphatic carbocycles. The highest BCUT2D eigenvalue weighted by Gasteiger charge is 2.12. The molecule has 120 valence electrons. The molecule has 2 heterocycles. The number of hydrogen-bond acceptors (Lipinski definition) is 4. The number of oxazole rings is 2. The third-order valence-electron chi connectivity index (χ3n) is 4.09. The Hall–Kier alpha value is -2.88. The Morgan fingerprint density at radius 1 is 0.833 bits per heavy atom. The number of rotatable bonds is 4. The van der Waals surface area contributed by atoms with E-state index in [1.807, 2.05) is 38.1 Å². The van der Waals surface area contributed by atoms with Gasteiger partial charge in [0.25, 0.3) is 0 Å². The molecule has 0 unspecified atom stereocenters. The second kappa shape index (κ2) is 5.64. The van der Waals surface area contributed by atoms with Gasteiger partial charge >= 0.3 is 0 Å². The molecule has 0 radical (unpaired) electrons. The Morgan fingerprint density at radius 2 is 1.29 bits per heavy atom. The fourth-order valence-corrected chi connectivity index (χ4v) is 3.11. The maximum absolute atomic E-state index is 5.74. The van der Waals surface area contributed by atoms with E-state index in [1.54, 1.807) is 0 Å². The van der Waals surface area contributed by atoms with Crippen LogP contribution in [0.1, 0.15) is 22.9 Å². The number of allylic oxidation sites excluding steroid dienone is 1. The van der Waals surface area contributed by atoms with Gasteiger partial charge in [0.1, 0.15) is 11.0 Å². The molecule has 0 bridgehead atoms. The standard InChI is InChI=1S/C20H18N2O2/c1-12(10-15-6-4-8-17-19(15)23-13(2)21-17)11-16-7-5-9-18-20(16)24-14(3)22-18/h4-9H,1,10-11H2,2-3H3. The Kier molecular flexibility index (Phi) is 3.45. The molecule has 4 nitrogen and oxygen atoms in total. The summed E-state index contributed by atoms with van der Waals surface area (Å²) in [7, 11) is 0. The minimum Gasteiger partial charge on any atom is -0.441 e. The highest BCUT2D eigenvalue weighted by atomic mass is 16.4. The predicted octanol–water partition coefficient (Wildman–Crippen LogP) is 4.93. The molecular formula is C20H18N2O2. The first-order chi connectivity index (χ1) is 11.6. The summed E-state index contributed by atoms with van der Waals surface area (Å²) in [5.74, 6) is 1.37. The second-order valence-electron chi connectivity index (χ2n) is 6.10. The van der Waals surface area contributed by atoms with E-state index in [-0.39, 0.29) is 0 Å². The van der Waals surface area contributed by atoms with Crippen molar-refractivity contribution in [3.05, 3.63) is 71.5 Å². The average Bonchev–Trinajstić information content (AvgIpc) is 3.09. The molecule has 4 aromatic rings. The lowest BCUT2D eigenvalue weighted by atomic mass is 9.99. The molecule has 4 heteroatoms. The zero-order chi connectivity index (χ0) is 16.7. The number of para-hydroxylation sites is 2. The van der Waals surface area contributed by atoms with Crippen molar-refractivity contribution < 1.29 is 8.83 Å². The Morgan fingerprint density at radius 3 is 1.75 bits per heavy atom. The summed E-state index contributed by atoms with van der Waals surface area (Å²) in [5.41, 5.74) is 6.81. The van der Waals surface area contributed by atoms with Crippen LogP contribution in [-0.4, -0.2) is 9.97 Å². The van der Waals surface area contributed by atoms with Crippen molar-refractivity contribution in [2.45, 2.75) is 26.7 Å². The lowest BCUT2D eigenvalue weighted by Gasteiger charge is -2.07. The van der Waals surface area contributed by atoms with Crippen LogP contribution in [0.5, 0.6) is 0 Å². The van der Waals surface area contributed by atoms with Crippen LogP contribution in [0.2, 0.25) is 0 Å². The minimum absolute atomic E-state index is 0.685. The topological polar surface area (TPSA) is 52.1 Å². The molecule has 0 fully saturated rings. The summed E-state index contributed by atoms with van der Waals surface area (Å²) in [6.07, 6.45) is 1.49. The maximum atomic E-state index is 5.74. The van der Waals surface area contributed by atoms with E-state index in [9.17, 15) is 0 Å². The minimum atomic E-state index is 0.685. The summed E-state index contributed by atoms with van der Waals surface area (Å²) in [6, 6.07) is 12.1. The number of nitrogens with zero attached hydrogens (tertiary/aromatic N) is 2. The highest BCUT2D eigenvalue weighted by molar-refractivity contribution is 5.78. The van der Waals surface area contributed by atoms with Crippen LogP contribution < -0.4 is 0 Å². The van der Waals surface area contributed by atoms with Crippen LogP contribution in [0.3, 0.4) is 0 Å². The van der Waals surface area contributed by atoms with Gasteiger partial charge in [-0.05, 0) is 25.0 Å². The molecule has 0 N–H and O–H groups in total. The molecule has 0 saturated carbocycles. The van der Waals surface area contributed by atoms with Crippen molar-refractivity contribution in [2.24, 2.45) is 0 Å². The first-order valence-corrected chi connectivity index (χ1v) is 7.97. The van der Waals surface area contributed by atoms with Crippen molar-refractivity contribution >= 4 is 22.2 Å². The van der Waals surface area contributed by atoms with E-state index >= 15 is 0 Å². The van der Waals surface area contributed by atoms with Crippen LogP contribution in [0, 0.1) is 13.8 Å². The van der Waals surface area contributed by atoms with E-state index in [4.69, 9.17) is 8.83 Å². The predicted molar refractivity (Wildman–Crippen MR) is 94.0 cm³/mol. The molecule has 0 spiro atoms. The lowest BCUT2D eigenvalue weighted by Crippen LogP contribution is -1.95. The van der Waals surface area contributed by atoms with Gasteiger partial charge < -0.3 is 8.83 Å². The van der Waals surface area contributed by atoms with E-state index < -0.39 is 0 Å². The summed E-state index contributed by atoms with van der Waals surface area (Å²) >= 11 is 0. The van der Waals surface area contributed by atoms with Gasteiger partial charge in [-0.3, -0.25) is 0 Å². The fraction of sp³-hybridized carbons (Fsp3) is 0.200. The average molecular weight is 318 g/mol. The monoisotopic (exact) mass is 318 g/mol.